The standard InChI is InChI=1S/C12H20N2O4/c1-4-6-14(8-11(15)16)12(17)13-5-7-18-9-10(2)3/h4H,1-2,5-9H2,3H3,(H,13,17)(H,15,16). The van der Waals surface area contributed by atoms with Gasteiger partial charge in [-0.1, -0.05) is 18.2 Å². The van der Waals surface area contributed by atoms with Crippen LogP contribution in [0.4, 0.5) is 4.79 Å². The van der Waals surface area contributed by atoms with Crippen LogP contribution in [0.15, 0.2) is 24.8 Å². The van der Waals surface area contributed by atoms with Gasteiger partial charge in [0.25, 0.3) is 0 Å². The summed E-state index contributed by atoms with van der Waals surface area (Å²) in [4.78, 5) is 23.3. The molecule has 2 N–H and O–H groups in total. The molecule has 0 unspecified atom stereocenters. The molecule has 6 heteroatoms. The molecule has 2 amide bonds. The highest BCUT2D eigenvalue weighted by atomic mass is 16.5. The number of hydrogen-bond acceptors (Lipinski definition) is 3. The SMILES string of the molecule is C=CCN(CC(=O)O)C(=O)NCCOCC(=C)C. The number of aliphatic carboxylic acids is 1. The van der Waals surface area contributed by atoms with Crippen molar-refractivity contribution in [3.05, 3.63) is 24.8 Å². The fourth-order valence-electron chi connectivity index (χ4n) is 1.13. The monoisotopic (exact) mass is 256 g/mol. The second-order valence-corrected chi connectivity index (χ2v) is 3.80. The van der Waals surface area contributed by atoms with E-state index in [-0.39, 0.29) is 13.1 Å². The first-order valence-corrected chi connectivity index (χ1v) is 5.55. The molecule has 0 spiro atoms. The van der Waals surface area contributed by atoms with E-state index >= 15 is 0 Å². The summed E-state index contributed by atoms with van der Waals surface area (Å²) in [5.41, 5.74) is 0.903. The first-order chi connectivity index (χ1) is 8.47. The number of carboxylic acids is 1. The zero-order valence-electron chi connectivity index (χ0n) is 10.6. The summed E-state index contributed by atoms with van der Waals surface area (Å²) < 4.78 is 5.20. The van der Waals surface area contributed by atoms with E-state index in [0.29, 0.717) is 19.8 Å². The lowest BCUT2D eigenvalue weighted by atomic mass is 10.4. The summed E-state index contributed by atoms with van der Waals surface area (Å²) in [6, 6.07) is -0.448. The number of nitrogens with zero attached hydrogens (tertiary/aromatic N) is 1. The Morgan fingerprint density at radius 2 is 2.17 bits per heavy atom. The molecule has 0 atom stereocenters. The average Bonchev–Trinajstić information content (AvgIpc) is 2.26. The molecule has 0 rings (SSSR count). The number of urea groups is 1. The van der Waals surface area contributed by atoms with Crippen LogP contribution in [0.5, 0.6) is 0 Å². The second kappa shape index (κ2) is 9.23. The fraction of sp³-hybridized carbons (Fsp3) is 0.500. The van der Waals surface area contributed by atoms with Gasteiger partial charge < -0.3 is 20.1 Å². The molecule has 0 aromatic carbocycles. The van der Waals surface area contributed by atoms with Crippen molar-refractivity contribution in [2.75, 3.05) is 32.8 Å². The zero-order valence-corrected chi connectivity index (χ0v) is 10.6. The summed E-state index contributed by atoms with van der Waals surface area (Å²) in [6.45, 7) is 9.94. The highest BCUT2D eigenvalue weighted by molar-refractivity contribution is 5.80. The van der Waals surface area contributed by atoms with Gasteiger partial charge in [0.1, 0.15) is 6.54 Å². The molecule has 0 aliphatic rings. The number of carbonyl (C=O) groups excluding carboxylic acids is 1. The van der Waals surface area contributed by atoms with Crippen LogP contribution in [0.2, 0.25) is 0 Å². The van der Waals surface area contributed by atoms with Crippen LogP contribution in [0, 0.1) is 0 Å². The lowest BCUT2D eigenvalue weighted by molar-refractivity contribution is -0.137. The minimum atomic E-state index is -1.06. The Labute approximate surface area is 107 Å². The van der Waals surface area contributed by atoms with Gasteiger partial charge in [0.15, 0.2) is 0 Å². The molecule has 6 nitrogen and oxygen atoms in total. The van der Waals surface area contributed by atoms with Crippen LogP contribution in [-0.2, 0) is 9.53 Å². The van der Waals surface area contributed by atoms with Gasteiger partial charge in [-0.05, 0) is 6.92 Å². The first-order valence-electron chi connectivity index (χ1n) is 5.55. The Hall–Kier alpha value is -1.82. The van der Waals surface area contributed by atoms with E-state index in [0.717, 1.165) is 10.5 Å². The second-order valence-electron chi connectivity index (χ2n) is 3.80. The molecule has 0 fully saturated rings. The molecule has 0 aliphatic heterocycles. The van der Waals surface area contributed by atoms with E-state index < -0.39 is 12.0 Å². The molecular weight excluding hydrogens is 236 g/mol. The summed E-state index contributed by atoms with van der Waals surface area (Å²) >= 11 is 0. The van der Waals surface area contributed by atoms with E-state index in [1.165, 1.54) is 6.08 Å². The third kappa shape index (κ3) is 8.35. The van der Waals surface area contributed by atoms with Crippen molar-refractivity contribution in [1.29, 1.82) is 0 Å². The molecular formula is C12H20N2O4. The Balaban J connectivity index is 3.91. The van der Waals surface area contributed by atoms with Crippen molar-refractivity contribution in [2.45, 2.75) is 6.92 Å². The first kappa shape index (κ1) is 16.2. The molecule has 0 heterocycles. The van der Waals surface area contributed by atoms with Crippen molar-refractivity contribution < 1.29 is 19.4 Å². The van der Waals surface area contributed by atoms with Crippen LogP contribution in [-0.4, -0.2) is 54.9 Å². The number of carbonyl (C=O) groups is 2. The third-order valence-electron chi connectivity index (χ3n) is 1.83. The number of carboxylic acid groups (broad SMARTS) is 1. The van der Waals surface area contributed by atoms with Gasteiger partial charge >= 0.3 is 12.0 Å². The van der Waals surface area contributed by atoms with E-state index in [4.69, 9.17) is 9.84 Å². The van der Waals surface area contributed by atoms with Crippen molar-refractivity contribution in [3.63, 3.8) is 0 Å². The summed E-state index contributed by atoms with van der Waals surface area (Å²) in [5.74, 6) is -1.06. The summed E-state index contributed by atoms with van der Waals surface area (Å²) in [7, 11) is 0. The molecule has 0 aliphatic carbocycles. The van der Waals surface area contributed by atoms with E-state index in [1.807, 2.05) is 6.92 Å². The number of rotatable bonds is 9. The van der Waals surface area contributed by atoms with Gasteiger partial charge in [0.05, 0.1) is 13.2 Å². The van der Waals surface area contributed by atoms with E-state index in [9.17, 15) is 9.59 Å². The normalized spacial score (nSPS) is 9.61. The number of nitrogens with one attached hydrogen (secondary N) is 1. The Morgan fingerprint density at radius 1 is 1.50 bits per heavy atom. The van der Waals surface area contributed by atoms with Gasteiger partial charge in [-0.25, -0.2) is 4.79 Å². The van der Waals surface area contributed by atoms with Gasteiger partial charge in [-0.2, -0.15) is 0 Å². The minimum absolute atomic E-state index is 0.185. The highest BCUT2D eigenvalue weighted by Crippen LogP contribution is 1.91. The lowest BCUT2D eigenvalue weighted by Gasteiger charge is -2.19. The predicted molar refractivity (Wildman–Crippen MR) is 68.4 cm³/mol. The van der Waals surface area contributed by atoms with Crippen molar-refractivity contribution >= 4 is 12.0 Å². The van der Waals surface area contributed by atoms with Crippen molar-refractivity contribution in [2.24, 2.45) is 0 Å². The van der Waals surface area contributed by atoms with Crippen LogP contribution in [0.1, 0.15) is 6.92 Å². The van der Waals surface area contributed by atoms with Crippen LogP contribution in [0.3, 0.4) is 0 Å². The Kier molecular flexibility index (Phi) is 8.30. The van der Waals surface area contributed by atoms with Gasteiger partial charge in [-0.15, -0.1) is 6.58 Å². The predicted octanol–water partition coefficient (Wildman–Crippen LogP) is 0.861. The number of amides is 2. The molecule has 0 saturated carbocycles. The van der Waals surface area contributed by atoms with Crippen molar-refractivity contribution in [3.8, 4) is 0 Å². The Bertz CT molecular complexity index is 315. The molecule has 0 saturated heterocycles. The summed E-state index contributed by atoms with van der Waals surface area (Å²) in [5, 5.41) is 11.2. The molecule has 0 aromatic heterocycles. The maximum Gasteiger partial charge on any atom is 0.323 e. The number of ether oxygens (including phenoxy) is 1. The van der Waals surface area contributed by atoms with Crippen LogP contribution >= 0.6 is 0 Å². The largest absolute Gasteiger partial charge is 0.480 e. The van der Waals surface area contributed by atoms with Gasteiger partial charge in [0.2, 0.25) is 0 Å². The number of hydrogen-bond donors (Lipinski definition) is 2. The van der Waals surface area contributed by atoms with E-state index in [2.05, 4.69) is 18.5 Å². The highest BCUT2D eigenvalue weighted by Gasteiger charge is 2.14. The zero-order chi connectivity index (χ0) is 14.0. The van der Waals surface area contributed by atoms with E-state index in [1.54, 1.807) is 0 Å². The summed E-state index contributed by atoms with van der Waals surface area (Å²) in [6.07, 6.45) is 1.47. The van der Waals surface area contributed by atoms with Crippen LogP contribution < -0.4 is 5.32 Å². The Morgan fingerprint density at radius 3 is 2.67 bits per heavy atom. The molecule has 0 aromatic rings. The maximum atomic E-state index is 11.6. The molecule has 102 valence electrons. The molecule has 0 radical (unpaired) electrons. The average molecular weight is 256 g/mol. The smallest absolute Gasteiger partial charge is 0.323 e. The lowest BCUT2D eigenvalue weighted by Crippen LogP contribution is -2.43. The van der Waals surface area contributed by atoms with Crippen LogP contribution in [0.25, 0.3) is 0 Å². The van der Waals surface area contributed by atoms with Gasteiger partial charge in [-0.3, -0.25) is 4.79 Å². The minimum Gasteiger partial charge on any atom is -0.480 e. The topological polar surface area (TPSA) is 78.9 Å². The third-order valence-corrected chi connectivity index (χ3v) is 1.83. The van der Waals surface area contributed by atoms with Gasteiger partial charge in [0, 0.05) is 13.1 Å². The maximum absolute atomic E-state index is 11.6. The fourth-order valence-corrected chi connectivity index (χ4v) is 1.13. The quantitative estimate of drug-likeness (QED) is 0.474. The van der Waals surface area contributed by atoms with Crippen molar-refractivity contribution in [1.82, 2.24) is 10.2 Å². The molecule has 0 bridgehead atoms. The molecule has 18 heavy (non-hydrogen) atoms.